The van der Waals surface area contributed by atoms with Gasteiger partial charge in [-0.25, -0.2) is 9.97 Å². The Balaban J connectivity index is 0.801. The van der Waals surface area contributed by atoms with Crippen molar-refractivity contribution < 1.29 is 18.4 Å². The van der Waals surface area contributed by atoms with Crippen LogP contribution in [-0.2, 0) is 0 Å². The molecule has 12 rings (SSSR count). The molecule has 3 atom stereocenters. The molecule has 0 aliphatic carbocycles. The first-order valence-electron chi connectivity index (χ1n) is 22.0. The van der Waals surface area contributed by atoms with Crippen LogP contribution in [0.5, 0.6) is 0 Å². The van der Waals surface area contributed by atoms with Crippen molar-refractivity contribution in [2.75, 3.05) is 70.4 Å². The lowest BCUT2D eigenvalue weighted by atomic mass is 9.96. The zero-order valence-electron chi connectivity index (χ0n) is 35.5. The Bertz CT molecular complexity index is 3140. The van der Waals surface area contributed by atoms with Gasteiger partial charge in [-0.1, -0.05) is 12.1 Å². The van der Waals surface area contributed by atoms with Crippen LogP contribution >= 0.6 is 0 Å². The predicted molar refractivity (Wildman–Crippen MR) is 241 cm³/mol. The molecule has 0 bridgehead atoms. The first-order valence-corrected chi connectivity index (χ1v) is 22.0. The molecule has 64 heavy (non-hydrogen) atoms. The monoisotopic (exact) mass is 860 g/mol. The molecule has 18 heteroatoms. The predicted octanol–water partition coefficient (Wildman–Crippen LogP) is 3.74. The number of oxazole rings is 2. The van der Waals surface area contributed by atoms with Gasteiger partial charge in [-0.05, 0) is 78.6 Å². The zero-order chi connectivity index (χ0) is 43.4. The number of aromatic nitrogens is 6. The van der Waals surface area contributed by atoms with E-state index in [4.69, 9.17) is 25.3 Å². The molecule has 0 spiro atoms. The number of nitrogens with one attached hydrogen (secondary N) is 2. The fourth-order valence-electron chi connectivity index (χ4n) is 10.2. The van der Waals surface area contributed by atoms with Crippen LogP contribution in [0.2, 0.25) is 0 Å². The number of nitrogen functional groups attached to an aromatic ring is 2. The fraction of sp³-hybridized carbons (Fsp3) is 0.348. The maximum Gasteiger partial charge on any atom is 0.292 e. The molecule has 4 saturated heterocycles. The number of benzene rings is 2. The van der Waals surface area contributed by atoms with E-state index in [1.807, 2.05) is 79.5 Å². The molecule has 0 radical (unpaired) electrons. The van der Waals surface area contributed by atoms with Crippen molar-refractivity contribution in [3.05, 3.63) is 96.3 Å². The summed E-state index contributed by atoms with van der Waals surface area (Å²) in [6.45, 7) is 11.4. The standard InChI is InChI=1S/C46H48N14O4/c1-25-16-55(10-9-49-25)31-20-57(21-31)44(62)38-15-51-42-33(11-30(19-60(38)42)28-4-7-40-35(13-28)54-46(48)64-40)36-24-56(17-26(2)52-36)32-22-58(23-32)43(61)37-14-50-41-8-5-29(18-59(37)41)27-3-6-39-34(12-27)53-45(47)63-39/h3-8,11-15,18-19,25-26,31-32,36,49,52H,9-10,16-17,20-24H2,1-2H3,(H2,47,53)(H2,48,54)/t25-,26+,36?/m0/s1. The molecule has 0 saturated carbocycles. The van der Waals surface area contributed by atoms with Crippen molar-refractivity contribution in [2.45, 2.75) is 44.1 Å². The maximum absolute atomic E-state index is 14.2. The molecule has 1 unspecified atom stereocenters. The van der Waals surface area contributed by atoms with Crippen LogP contribution in [0.3, 0.4) is 0 Å². The third-order valence-electron chi connectivity index (χ3n) is 13.6. The third kappa shape index (κ3) is 6.63. The summed E-state index contributed by atoms with van der Waals surface area (Å²) < 4.78 is 14.9. The van der Waals surface area contributed by atoms with Gasteiger partial charge in [0, 0.05) is 107 Å². The highest BCUT2D eigenvalue weighted by molar-refractivity contribution is 5.95. The second kappa shape index (κ2) is 14.9. The Hall–Kier alpha value is -6.86. The second-order valence-electron chi connectivity index (χ2n) is 17.9. The molecule has 4 fully saturated rings. The average molecular weight is 861 g/mol. The van der Waals surface area contributed by atoms with Crippen LogP contribution < -0.4 is 22.1 Å². The normalized spacial score (nSPS) is 21.6. The summed E-state index contributed by atoms with van der Waals surface area (Å²) in [6.07, 6.45) is 7.33. The Kier molecular flexibility index (Phi) is 9.01. The highest BCUT2D eigenvalue weighted by atomic mass is 16.4. The molecular formula is C46H48N14O4. The van der Waals surface area contributed by atoms with Gasteiger partial charge in [0.05, 0.1) is 12.4 Å². The number of pyridine rings is 2. The molecule has 6 aromatic heterocycles. The molecule has 4 aliphatic heterocycles. The highest BCUT2D eigenvalue weighted by Crippen LogP contribution is 2.34. The van der Waals surface area contributed by atoms with E-state index < -0.39 is 0 Å². The van der Waals surface area contributed by atoms with Crippen LogP contribution in [0, 0.1) is 0 Å². The summed E-state index contributed by atoms with van der Waals surface area (Å²) in [5.41, 5.74) is 21.4. The van der Waals surface area contributed by atoms with Crippen LogP contribution in [0.15, 0.2) is 88.2 Å². The number of likely N-dealkylation sites (tertiary alicyclic amines) is 2. The number of hydrogen-bond donors (Lipinski definition) is 4. The van der Waals surface area contributed by atoms with Gasteiger partial charge in [0.2, 0.25) is 0 Å². The number of rotatable bonds is 7. The lowest BCUT2D eigenvalue weighted by Crippen LogP contribution is -2.65. The van der Waals surface area contributed by atoms with Crippen LogP contribution in [0.25, 0.3) is 55.7 Å². The van der Waals surface area contributed by atoms with E-state index in [1.54, 1.807) is 12.4 Å². The minimum absolute atomic E-state index is 0.0264. The summed E-state index contributed by atoms with van der Waals surface area (Å²) in [6, 6.07) is 18.9. The van der Waals surface area contributed by atoms with E-state index in [1.165, 1.54) is 0 Å². The topological polar surface area (TPSA) is 210 Å². The number of amides is 2. The lowest BCUT2D eigenvalue weighted by molar-refractivity contribution is 0.00992. The summed E-state index contributed by atoms with van der Waals surface area (Å²) in [7, 11) is 0. The van der Waals surface area contributed by atoms with Gasteiger partial charge in [0.25, 0.3) is 23.8 Å². The molecule has 6 N–H and O–H groups in total. The van der Waals surface area contributed by atoms with Gasteiger partial charge in [-0.2, -0.15) is 9.97 Å². The van der Waals surface area contributed by atoms with Gasteiger partial charge in [-0.15, -0.1) is 0 Å². The summed E-state index contributed by atoms with van der Waals surface area (Å²) in [5.74, 6) is -0.0901. The quantitative estimate of drug-likeness (QED) is 0.180. The van der Waals surface area contributed by atoms with E-state index in [0.717, 1.165) is 59.6 Å². The molecule has 2 amide bonds. The number of nitrogens with zero attached hydrogens (tertiary/aromatic N) is 10. The van der Waals surface area contributed by atoms with E-state index in [2.05, 4.69) is 55.3 Å². The molecule has 4 aliphatic rings. The first-order chi connectivity index (χ1) is 31.1. The van der Waals surface area contributed by atoms with E-state index in [9.17, 15) is 9.59 Å². The molecule has 10 heterocycles. The summed E-state index contributed by atoms with van der Waals surface area (Å²) in [4.78, 5) is 55.3. The van der Waals surface area contributed by atoms with Crippen LogP contribution in [0.1, 0.15) is 46.4 Å². The first kappa shape index (κ1) is 38.8. The smallest absolute Gasteiger partial charge is 0.292 e. The van der Waals surface area contributed by atoms with Gasteiger partial charge in [0.1, 0.15) is 33.7 Å². The minimum Gasteiger partial charge on any atom is -0.424 e. The molecule has 326 valence electrons. The largest absolute Gasteiger partial charge is 0.424 e. The van der Waals surface area contributed by atoms with Crippen molar-refractivity contribution in [2.24, 2.45) is 0 Å². The van der Waals surface area contributed by atoms with Gasteiger partial charge in [-0.3, -0.25) is 28.2 Å². The zero-order valence-corrected chi connectivity index (χ0v) is 35.5. The van der Waals surface area contributed by atoms with Gasteiger partial charge in [0.15, 0.2) is 11.2 Å². The van der Waals surface area contributed by atoms with Crippen molar-refractivity contribution in [3.63, 3.8) is 0 Å². The van der Waals surface area contributed by atoms with Crippen LogP contribution in [-0.4, -0.2) is 143 Å². The number of piperazine rings is 2. The summed E-state index contributed by atoms with van der Waals surface area (Å²) in [5, 5.41) is 7.37. The molecular weight excluding hydrogens is 813 g/mol. The Morgan fingerprint density at radius 3 is 1.94 bits per heavy atom. The molecule has 8 aromatic rings. The second-order valence-corrected chi connectivity index (χ2v) is 17.9. The lowest BCUT2D eigenvalue weighted by Gasteiger charge is -2.49. The van der Waals surface area contributed by atoms with E-state index in [0.29, 0.717) is 84.0 Å². The Labute approximate surface area is 366 Å². The third-order valence-corrected chi connectivity index (χ3v) is 13.6. The number of anilines is 2. The number of hydrogen-bond acceptors (Lipinski definition) is 14. The van der Waals surface area contributed by atoms with Crippen LogP contribution in [0.4, 0.5) is 12.0 Å². The molecule has 2 aromatic carbocycles. The Morgan fingerprint density at radius 2 is 1.25 bits per heavy atom. The van der Waals surface area contributed by atoms with Crippen molar-refractivity contribution in [1.29, 1.82) is 0 Å². The van der Waals surface area contributed by atoms with E-state index >= 15 is 0 Å². The van der Waals surface area contributed by atoms with E-state index in [-0.39, 0.29) is 42.0 Å². The Morgan fingerprint density at radius 1 is 0.656 bits per heavy atom. The van der Waals surface area contributed by atoms with Gasteiger partial charge >= 0.3 is 0 Å². The highest BCUT2D eigenvalue weighted by Gasteiger charge is 2.41. The average Bonchev–Trinajstić information content (AvgIpc) is 4.05. The number of imidazole rings is 2. The number of nitrogens with two attached hydrogens (primary N) is 2. The maximum atomic E-state index is 14.2. The minimum atomic E-state index is -0.110. The van der Waals surface area contributed by atoms with Gasteiger partial charge < -0.3 is 40.7 Å². The number of carbonyl (C=O) groups is 2. The summed E-state index contributed by atoms with van der Waals surface area (Å²) >= 11 is 0. The molecule has 18 nitrogen and oxygen atoms in total. The van der Waals surface area contributed by atoms with Crippen molar-refractivity contribution >= 4 is 57.3 Å². The number of fused-ring (bicyclic) bond motifs is 4. The number of carbonyl (C=O) groups excluding carboxylic acids is 2. The SMILES string of the molecule is C[C@@H]1CN(C2CN(C(=O)c3cnc4ccc(-c5ccc6oc(N)nc6c5)cn34)C2)CC(c2cc(-c3ccc4oc(N)nc4c3)cn3c(C(=O)N4CC(N5CCN[C@@H](C)C5)C4)cnc23)N1. The fourth-order valence-corrected chi connectivity index (χ4v) is 10.2. The van der Waals surface area contributed by atoms with Crippen molar-refractivity contribution in [1.82, 2.24) is 59.0 Å². The van der Waals surface area contributed by atoms with Crippen molar-refractivity contribution in [3.8, 4) is 22.3 Å².